The average Bonchev–Trinajstić information content (AvgIpc) is 3.05. The van der Waals surface area contributed by atoms with E-state index in [2.05, 4.69) is 52.9 Å². The molecular weight excluding hydrogens is 302 g/mol. The molecule has 0 amide bonds. The maximum absolute atomic E-state index is 4.69. The quantitative estimate of drug-likeness (QED) is 0.701. The summed E-state index contributed by atoms with van der Waals surface area (Å²) in [5.41, 5.74) is 3.35. The second-order valence-electron chi connectivity index (χ2n) is 5.46. The largest absolute Gasteiger partial charge is 0.299 e. The number of pyridine rings is 1. The first-order valence-corrected chi connectivity index (χ1v) is 8.87. The van der Waals surface area contributed by atoms with Crippen molar-refractivity contribution >= 4 is 11.3 Å². The van der Waals surface area contributed by atoms with Crippen LogP contribution in [0.15, 0.2) is 60.1 Å². The molecule has 1 unspecified atom stereocenters. The van der Waals surface area contributed by atoms with Gasteiger partial charge >= 0.3 is 0 Å². The van der Waals surface area contributed by atoms with Crippen LogP contribution in [0, 0.1) is 0 Å². The highest BCUT2D eigenvalue weighted by Crippen LogP contribution is 2.21. The molecule has 0 aliphatic carbocycles. The molecule has 3 aromatic rings. The Bertz CT molecular complexity index is 670. The molecule has 0 radical (unpaired) electrons. The maximum atomic E-state index is 4.69. The topological polar surface area (TPSA) is 37.8 Å². The molecule has 1 aromatic carbocycles. The van der Waals surface area contributed by atoms with Gasteiger partial charge in [0.05, 0.1) is 22.4 Å². The van der Waals surface area contributed by atoms with E-state index in [4.69, 9.17) is 4.98 Å². The molecule has 2 aromatic heterocycles. The van der Waals surface area contributed by atoms with Crippen LogP contribution in [0.25, 0.3) is 0 Å². The van der Waals surface area contributed by atoms with E-state index in [0.29, 0.717) is 0 Å². The van der Waals surface area contributed by atoms with Crippen LogP contribution in [0.3, 0.4) is 0 Å². The van der Waals surface area contributed by atoms with Crippen LogP contribution in [0.5, 0.6) is 0 Å². The Balaban J connectivity index is 1.76. The number of nitrogens with one attached hydrogen (secondary N) is 1. The molecule has 0 saturated heterocycles. The minimum absolute atomic E-state index is 0.0775. The molecule has 4 heteroatoms. The third-order valence-corrected chi connectivity index (χ3v) is 4.62. The highest BCUT2D eigenvalue weighted by molar-refractivity contribution is 7.09. The first-order chi connectivity index (χ1) is 11.4. The van der Waals surface area contributed by atoms with Gasteiger partial charge in [-0.15, -0.1) is 11.3 Å². The number of rotatable bonds is 7. The fourth-order valence-electron chi connectivity index (χ4n) is 2.55. The van der Waals surface area contributed by atoms with Crippen molar-refractivity contribution in [2.45, 2.75) is 32.4 Å². The summed E-state index contributed by atoms with van der Waals surface area (Å²) in [7, 11) is 0. The number of hydrogen-bond acceptors (Lipinski definition) is 4. The third-order valence-electron chi connectivity index (χ3n) is 3.67. The van der Waals surface area contributed by atoms with Crippen LogP contribution in [-0.4, -0.2) is 9.97 Å². The molecule has 118 valence electrons. The summed E-state index contributed by atoms with van der Waals surface area (Å²) in [6, 6.07) is 16.6. The van der Waals surface area contributed by atoms with Crippen molar-refractivity contribution in [1.82, 2.24) is 15.3 Å². The van der Waals surface area contributed by atoms with Gasteiger partial charge < -0.3 is 0 Å². The zero-order valence-corrected chi connectivity index (χ0v) is 14.1. The van der Waals surface area contributed by atoms with Gasteiger partial charge in [-0.2, -0.15) is 0 Å². The Morgan fingerprint density at radius 3 is 2.65 bits per heavy atom. The van der Waals surface area contributed by atoms with E-state index in [0.717, 1.165) is 30.8 Å². The highest BCUT2D eigenvalue weighted by atomic mass is 32.1. The summed E-state index contributed by atoms with van der Waals surface area (Å²) in [5, 5.41) is 6.98. The predicted molar refractivity (Wildman–Crippen MR) is 95.5 cm³/mol. The Kier molecular flexibility index (Phi) is 5.51. The summed E-state index contributed by atoms with van der Waals surface area (Å²) in [6.07, 6.45) is 4.04. The average molecular weight is 323 g/mol. The van der Waals surface area contributed by atoms with E-state index in [1.165, 1.54) is 10.6 Å². The SMILES string of the molecule is CCCc1nc(CNC(c2ccccc2)c2ccccn2)cs1. The molecule has 1 N–H and O–H groups in total. The minimum atomic E-state index is 0.0775. The van der Waals surface area contributed by atoms with Crippen LogP contribution in [0.2, 0.25) is 0 Å². The second-order valence-corrected chi connectivity index (χ2v) is 6.40. The predicted octanol–water partition coefficient (Wildman–Crippen LogP) is 4.37. The van der Waals surface area contributed by atoms with Crippen molar-refractivity contribution in [2.75, 3.05) is 0 Å². The Morgan fingerprint density at radius 1 is 1.09 bits per heavy atom. The number of hydrogen-bond donors (Lipinski definition) is 1. The lowest BCUT2D eigenvalue weighted by atomic mass is 10.0. The zero-order valence-electron chi connectivity index (χ0n) is 13.3. The second kappa shape index (κ2) is 7.99. The fourth-order valence-corrected chi connectivity index (χ4v) is 3.45. The van der Waals surface area contributed by atoms with Crippen molar-refractivity contribution in [3.63, 3.8) is 0 Å². The van der Waals surface area contributed by atoms with E-state index < -0.39 is 0 Å². The molecule has 1 atom stereocenters. The number of nitrogens with zero attached hydrogens (tertiary/aromatic N) is 2. The van der Waals surface area contributed by atoms with Gasteiger partial charge in [0, 0.05) is 18.1 Å². The van der Waals surface area contributed by atoms with Gasteiger partial charge in [0.2, 0.25) is 0 Å². The zero-order chi connectivity index (χ0) is 15.9. The standard InChI is InChI=1S/C19H21N3S/c1-2-8-18-22-16(14-23-18)13-21-19(15-9-4-3-5-10-15)17-11-6-7-12-20-17/h3-7,9-12,14,19,21H,2,8,13H2,1H3. The summed E-state index contributed by atoms with van der Waals surface area (Å²) < 4.78 is 0. The van der Waals surface area contributed by atoms with Gasteiger partial charge in [-0.25, -0.2) is 4.98 Å². The molecule has 3 nitrogen and oxygen atoms in total. The van der Waals surface area contributed by atoms with E-state index in [1.807, 2.05) is 24.4 Å². The lowest BCUT2D eigenvalue weighted by molar-refractivity contribution is 0.585. The first kappa shape index (κ1) is 15.8. The van der Waals surface area contributed by atoms with E-state index in [-0.39, 0.29) is 6.04 Å². The van der Waals surface area contributed by atoms with Crippen LogP contribution < -0.4 is 5.32 Å². The number of aryl methyl sites for hydroxylation is 1. The first-order valence-electron chi connectivity index (χ1n) is 7.99. The molecule has 23 heavy (non-hydrogen) atoms. The van der Waals surface area contributed by atoms with Crippen molar-refractivity contribution in [1.29, 1.82) is 0 Å². The monoisotopic (exact) mass is 323 g/mol. The maximum Gasteiger partial charge on any atom is 0.0928 e. The van der Waals surface area contributed by atoms with Gasteiger partial charge in [0.1, 0.15) is 0 Å². The van der Waals surface area contributed by atoms with Crippen LogP contribution in [0.4, 0.5) is 0 Å². The van der Waals surface area contributed by atoms with Crippen LogP contribution in [-0.2, 0) is 13.0 Å². The molecule has 2 heterocycles. The Morgan fingerprint density at radius 2 is 1.91 bits per heavy atom. The molecular formula is C19H21N3S. The summed E-state index contributed by atoms with van der Waals surface area (Å²) in [4.78, 5) is 9.22. The Labute approximate surface area is 141 Å². The molecule has 3 rings (SSSR count). The number of thiazole rings is 1. The van der Waals surface area contributed by atoms with Gasteiger partial charge in [0.15, 0.2) is 0 Å². The minimum Gasteiger partial charge on any atom is -0.299 e. The Hall–Kier alpha value is -2.04. The molecule has 0 saturated carbocycles. The number of benzene rings is 1. The summed E-state index contributed by atoms with van der Waals surface area (Å²) in [5.74, 6) is 0. The van der Waals surface area contributed by atoms with Crippen molar-refractivity contribution in [3.8, 4) is 0 Å². The summed E-state index contributed by atoms with van der Waals surface area (Å²) in [6.45, 7) is 2.93. The van der Waals surface area contributed by atoms with Gasteiger partial charge in [-0.1, -0.05) is 43.3 Å². The fraction of sp³-hybridized carbons (Fsp3) is 0.263. The molecule has 0 bridgehead atoms. The van der Waals surface area contributed by atoms with E-state index >= 15 is 0 Å². The van der Waals surface area contributed by atoms with E-state index in [9.17, 15) is 0 Å². The number of aromatic nitrogens is 2. The lowest BCUT2D eigenvalue weighted by Crippen LogP contribution is -2.23. The van der Waals surface area contributed by atoms with Gasteiger partial charge in [0.25, 0.3) is 0 Å². The normalized spacial score (nSPS) is 12.2. The van der Waals surface area contributed by atoms with E-state index in [1.54, 1.807) is 11.3 Å². The lowest BCUT2D eigenvalue weighted by Gasteiger charge is -2.18. The van der Waals surface area contributed by atoms with Crippen molar-refractivity contribution < 1.29 is 0 Å². The molecule has 0 aliphatic heterocycles. The van der Waals surface area contributed by atoms with Crippen molar-refractivity contribution in [3.05, 3.63) is 82.1 Å². The van der Waals surface area contributed by atoms with Crippen molar-refractivity contribution in [2.24, 2.45) is 0 Å². The summed E-state index contributed by atoms with van der Waals surface area (Å²) >= 11 is 1.75. The molecule has 0 aliphatic rings. The molecule has 0 fully saturated rings. The molecule has 0 spiro atoms. The van der Waals surface area contributed by atoms with Crippen LogP contribution >= 0.6 is 11.3 Å². The highest BCUT2D eigenvalue weighted by Gasteiger charge is 2.15. The smallest absolute Gasteiger partial charge is 0.0928 e. The van der Waals surface area contributed by atoms with Gasteiger partial charge in [-0.05, 0) is 30.5 Å². The van der Waals surface area contributed by atoms with Gasteiger partial charge in [-0.3, -0.25) is 10.3 Å². The van der Waals surface area contributed by atoms with Crippen LogP contribution in [0.1, 0.15) is 41.3 Å². The third kappa shape index (κ3) is 4.24.